The van der Waals surface area contributed by atoms with Gasteiger partial charge in [-0.15, -0.1) is 13.2 Å². The van der Waals surface area contributed by atoms with Crippen molar-refractivity contribution in [1.29, 1.82) is 0 Å². The number of alkyl halides is 3. The summed E-state index contributed by atoms with van der Waals surface area (Å²) in [5.74, 6) is -0.949. The van der Waals surface area contributed by atoms with Crippen LogP contribution >= 0.6 is 0 Å². The molecule has 0 aromatic heterocycles. The van der Waals surface area contributed by atoms with E-state index in [1.165, 1.54) is 32.4 Å². The van der Waals surface area contributed by atoms with Gasteiger partial charge in [0, 0.05) is 16.8 Å². The fraction of sp³-hybridized carbons (Fsp3) is 0.120. The van der Waals surface area contributed by atoms with Crippen molar-refractivity contribution in [1.82, 2.24) is 5.32 Å². The Morgan fingerprint density at radius 3 is 2.14 bits per heavy atom. The summed E-state index contributed by atoms with van der Waals surface area (Å²) in [6.07, 6.45) is -3.43. The number of hydrogen-bond acceptors (Lipinski definition) is 5. The van der Waals surface area contributed by atoms with Crippen molar-refractivity contribution < 1.29 is 37.0 Å². The van der Waals surface area contributed by atoms with Gasteiger partial charge in [0.1, 0.15) is 11.4 Å². The van der Waals surface area contributed by atoms with Crippen molar-refractivity contribution in [2.75, 3.05) is 19.5 Å². The molecule has 0 aliphatic rings. The van der Waals surface area contributed by atoms with Gasteiger partial charge in [0.15, 0.2) is 11.5 Å². The predicted octanol–water partition coefficient (Wildman–Crippen LogP) is 5.01. The molecule has 0 heterocycles. The molecule has 3 aromatic carbocycles. The molecule has 2 N–H and O–H groups in total. The number of amides is 2. The second-order valence-corrected chi connectivity index (χ2v) is 6.99. The molecule has 3 rings (SSSR count). The van der Waals surface area contributed by atoms with Gasteiger partial charge in [0.2, 0.25) is 0 Å². The molecule has 0 aliphatic heterocycles. The smallest absolute Gasteiger partial charge is 0.493 e. The van der Waals surface area contributed by atoms with E-state index in [1.54, 1.807) is 48.5 Å². The van der Waals surface area contributed by atoms with Gasteiger partial charge in [-0.1, -0.05) is 30.3 Å². The van der Waals surface area contributed by atoms with Gasteiger partial charge in [-0.3, -0.25) is 9.59 Å². The molecule has 35 heavy (non-hydrogen) atoms. The maximum Gasteiger partial charge on any atom is 0.573 e. The maximum absolute atomic E-state index is 13.1. The summed E-state index contributed by atoms with van der Waals surface area (Å²) < 4.78 is 51.6. The third-order valence-electron chi connectivity index (χ3n) is 4.61. The Kier molecular flexibility index (Phi) is 7.98. The molecule has 0 radical (unpaired) electrons. The standard InChI is InChI=1S/C25H21F3N2O5/c1-33-21-10-6-9-17(22(21)34-2)15-20(30-23(31)16-7-4-3-5-8-16)24(32)29-18-11-13-19(14-12-18)35-25(26,27)28/h3-15H,1-2H3,(H,29,32)(H,30,31)/b20-15-. The van der Waals surface area contributed by atoms with Crippen molar-refractivity contribution in [3.05, 3.63) is 89.6 Å². The lowest BCUT2D eigenvalue weighted by molar-refractivity contribution is -0.274. The average Bonchev–Trinajstić information content (AvgIpc) is 2.84. The largest absolute Gasteiger partial charge is 0.573 e. The molecule has 0 saturated heterocycles. The molecule has 182 valence electrons. The first kappa shape index (κ1) is 25.2. The summed E-state index contributed by atoms with van der Waals surface area (Å²) in [7, 11) is 2.89. The minimum absolute atomic E-state index is 0.138. The lowest BCUT2D eigenvalue weighted by atomic mass is 10.1. The number of anilines is 1. The summed E-state index contributed by atoms with van der Waals surface area (Å²) in [5.41, 5.74) is 0.805. The first-order chi connectivity index (χ1) is 16.7. The summed E-state index contributed by atoms with van der Waals surface area (Å²) in [6, 6.07) is 17.8. The minimum Gasteiger partial charge on any atom is -0.493 e. The molecule has 0 bridgehead atoms. The van der Waals surface area contributed by atoms with E-state index in [0.717, 1.165) is 12.1 Å². The Bertz CT molecular complexity index is 1210. The molecular formula is C25H21F3N2O5. The van der Waals surface area contributed by atoms with Gasteiger partial charge in [0.25, 0.3) is 11.8 Å². The number of halogens is 3. The Morgan fingerprint density at radius 2 is 1.54 bits per heavy atom. The van der Waals surface area contributed by atoms with E-state index in [-0.39, 0.29) is 11.4 Å². The van der Waals surface area contributed by atoms with Crippen LogP contribution in [-0.2, 0) is 4.79 Å². The van der Waals surface area contributed by atoms with Crippen molar-refractivity contribution >= 4 is 23.6 Å². The fourth-order valence-corrected chi connectivity index (χ4v) is 3.06. The summed E-state index contributed by atoms with van der Waals surface area (Å²) in [5, 5.41) is 5.12. The first-order valence-electron chi connectivity index (χ1n) is 10.2. The average molecular weight is 486 g/mol. The molecule has 0 atom stereocenters. The molecular weight excluding hydrogens is 465 g/mol. The van der Waals surface area contributed by atoms with Crippen molar-refractivity contribution in [2.45, 2.75) is 6.36 Å². The Balaban J connectivity index is 1.91. The molecule has 0 unspecified atom stereocenters. The highest BCUT2D eigenvalue weighted by molar-refractivity contribution is 6.10. The number of hydrogen-bond donors (Lipinski definition) is 2. The monoisotopic (exact) mass is 486 g/mol. The topological polar surface area (TPSA) is 85.9 Å². The molecule has 0 spiro atoms. The molecule has 0 aliphatic carbocycles. The third kappa shape index (κ3) is 7.00. The second kappa shape index (κ2) is 11.1. The molecule has 3 aromatic rings. The van der Waals surface area contributed by atoms with Gasteiger partial charge >= 0.3 is 6.36 Å². The van der Waals surface area contributed by atoms with E-state index in [9.17, 15) is 22.8 Å². The second-order valence-electron chi connectivity index (χ2n) is 6.99. The zero-order valence-corrected chi connectivity index (χ0v) is 18.7. The van der Waals surface area contributed by atoms with Crippen LogP contribution in [-0.4, -0.2) is 32.4 Å². The molecule has 2 amide bonds. The van der Waals surface area contributed by atoms with E-state index in [1.807, 2.05) is 0 Å². The Hall–Kier alpha value is -4.47. The van der Waals surface area contributed by atoms with E-state index in [4.69, 9.17) is 9.47 Å². The third-order valence-corrected chi connectivity index (χ3v) is 4.61. The van der Waals surface area contributed by atoms with Crippen LogP contribution in [0.3, 0.4) is 0 Å². The first-order valence-corrected chi connectivity index (χ1v) is 10.2. The highest BCUT2D eigenvalue weighted by atomic mass is 19.4. The maximum atomic E-state index is 13.1. The van der Waals surface area contributed by atoms with Crippen LogP contribution < -0.4 is 24.8 Å². The number of carbonyl (C=O) groups is 2. The highest BCUT2D eigenvalue weighted by Gasteiger charge is 2.31. The minimum atomic E-state index is -4.84. The van der Waals surface area contributed by atoms with E-state index >= 15 is 0 Å². The summed E-state index contributed by atoms with van der Waals surface area (Å²) >= 11 is 0. The van der Waals surface area contributed by atoms with Crippen LogP contribution in [0.4, 0.5) is 18.9 Å². The van der Waals surface area contributed by atoms with Crippen LogP contribution in [0.5, 0.6) is 17.2 Å². The number of methoxy groups -OCH3 is 2. The van der Waals surface area contributed by atoms with Crippen molar-refractivity contribution in [2.24, 2.45) is 0 Å². The van der Waals surface area contributed by atoms with Crippen LogP contribution in [0, 0.1) is 0 Å². The lowest BCUT2D eigenvalue weighted by Crippen LogP contribution is -2.30. The van der Waals surface area contributed by atoms with Crippen LogP contribution in [0.25, 0.3) is 6.08 Å². The summed E-state index contributed by atoms with van der Waals surface area (Å²) in [6.45, 7) is 0. The molecule has 0 fully saturated rings. The van der Waals surface area contributed by atoms with Gasteiger partial charge in [-0.05, 0) is 48.5 Å². The number of para-hydroxylation sites is 1. The highest BCUT2D eigenvalue weighted by Crippen LogP contribution is 2.32. The van der Waals surface area contributed by atoms with Crippen molar-refractivity contribution in [3.63, 3.8) is 0 Å². The number of carbonyl (C=O) groups excluding carboxylic acids is 2. The van der Waals surface area contributed by atoms with Crippen LogP contribution in [0.15, 0.2) is 78.5 Å². The van der Waals surface area contributed by atoms with Gasteiger partial charge < -0.3 is 24.8 Å². The Morgan fingerprint density at radius 1 is 0.857 bits per heavy atom. The van der Waals surface area contributed by atoms with E-state index in [0.29, 0.717) is 22.6 Å². The zero-order chi connectivity index (χ0) is 25.4. The van der Waals surface area contributed by atoms with Gasteiger partial charge in [0.05, 0.1) is 14.2 Å². The normalized spacial score (nSPS) is 11.4. The molecule has 7 nitrogen and oxygen atoms in total. The fourth-order valence-electron chi connectivity index (χ4n) is 3.06. The summed E-state index contributed by atoms with van der Waals surface area (Å²) in [4.78, 5) is 25.8. The number of rotatable bonds is 8. The SMILES string of the molecule is COc1cccc(/C=C(\NC(=O)c2ccccc2)C(=O)Nc2ccc(OC(F)(F)F)cc2)c1OC. The molecule has 0 saturated carbocycles. The molecule has 10 heteroatoms. The van der Waals surface area contributed by atoms with Gasteiger partial charge in [-0.2, -0.15) is 0 Å². The Labute approximate surface area is 199 Å². The van der Waals surface area contributed by atoms with Crippen LogP contribution in [0.1, 0.15) is 15.9 Å². The predicted molar refractivity (Wildman–Crippen MR) is 123 cm³/mol. The van der Waals surface area contributed by atoms with Crippen LogP contribution in [0.2, 0.25) is 0 Å². The number of ether oxygens (including phenoxy) is 3. The number of benzene rings is 3. The quantitative estimate of drug-likeness (QED) is 0.437. The number of nitrogens with one attached hydrogen (secondary N) is 2. The zero-order valence-electron chi connectivity index (χ0n) is 18.7. The van der Waals surface area contributed by atoms with Crippen molar-refractivity contribution in [3.8, 4) is 17.2 Å². The van der Waals surface area contributed by atoms with E-state index in [2.05, 4.69) is 15.4 Å². The van der Waals surface area contributed by atoms with Gasteiger partial charge in [-0.25, -0.2) is 0 Å². The van der Waals surface area contributed by atoms with E-state index < -0.39 is 23.9 Å². The lowest BCUT2D eigenvalue weighted by Gasteiger charge is -2.14.